The van der Waals surface area contributed by atoms with Gasteiger partial charge in [0.2, 0.25) is 5.91 Å². The SMILES string of the molecule is Cc1csc(NC(=O)[C@H]2CC[C@@H](n3cnc4c(N)nc(I)nc43)CC2)n1. The van der Waals surface area contributed by atoms with Crippen LogP contribution in [0.5, 0.6) is 0 Å². The van der Waals surface area contributed by atoms with Crippen LogP contribution in [0.1, 0.15) is 37.4 Å². The van der Waals surface area contributed by atoms with Gasteiger partial charge in [0.15, 0.2) is 20.4 Å². The summed E-state index contributed by atoms with van der Waals surface area (Å²) in [5, 5.41) is 5.55. The zero-order chi connectivity index (χ0) is 18.3. The molecule has 8 nitrogen and oxygen atoms in total. The number of rotatable bonds is 3. The quantitative estimate of drug-likeness (QED) is 0.438. The average Bonchev–Trinajstić information content (AvgIpc) is 3.21. The van der Waals surface area contributed by atoms with Crippen molar-refractivity contribution in [3.8, 4) is 0 Å². The molecule has 1 aliphatic rings. The molecule has 3 N–H and O–H groups in total. The minimum absolute atomic E-state index is 0.0186. The largest absolute Gasteiger partial charge is 0.382 e. The van der Waals surface area contributed by atoms with E-state index in [1.807, 2.05) is 12.3 Å². The molecule has 0 aliphatic heterocycles. The van der Waals surface area contributed by atoms with Crippen molar-refractivity contribution in [2.45, 2.75) is 38.6 Å². The molecule has 0 bridgehead atoms. The third-order valence-corrected chi connectivity index (χ3v) is 6.09. The second kappa shape index (κ2) is 7.06. The fourth-order valence-electron chi connectivity index (χ4n) is 3.41. The number of anilines is 2. The number of aryl methyl sites for hydroxylation is 1. The Bertz CT molecular complexity index is 961. The average molecular weight is 483 g/mol. The molecule has 26 heavy (non-hydrogen) atoms. The Kier molecular flexibility index (Phi) is 4.78. The van der Waals surface area contributed by atoms with Gasteiger partial charge in [-0.2, -0.15) is 0 Å². The molecular weight excluding hydrogens is 465 g/mol. The minimum atomic E-state index is 0.0186. The highest BCUT2D eigenvalue weighted by molar-refractivity contribution is 14.1. The summed E-state index contributed by atoms with van der Waals surface area (Å²) < 4.78 is 2.69. The first-order chi connectivity index (χ1) is 12.5. The number of carbonyl (C=O) groups excluding carboxylic acids is 1. The third kappa shape index (κ3) is 3.39. The minimum Gasteiger partial charge on any atom is -0.382 e. The van der Waals surface area contributed by atoms with Gasteiger partial charge in [0.25, 0.3) is 0 Å². The van der Waals surface area contributed by atoms with Crippen molar-refractivity contribution in [2.75, 3.05) is 11.1 Å². The lowest BCUT2D eigenvalue weighted by Gasteiger charge is -2.28. The van der Waals surface area contributed by atoms with Crippen LogP contribution in [-0.4, -0.2) is 30.4 Å². The molecule has 0 spiro atoms. The maximum Gasteiger partial charge on any atom is 0.229 e. The van der Waals surface area contributed by atoms with Crippen LogP contribution in [0.3, 0.4) is 0 Å². The molecule has 1 amide bonds. The number of nitrogens with two attached hydrogens (primary N) is 1. The van der Waals surface area contributed by atoms with Crippen LogP contribution in [0.25, 0.3) is 11.2 Å². The first-order valence-corrected chi connectivity index (χ1v) is 10.4. The van der Waals surface area contributed by atoms with Crippen LogP contribution >= 0.6 is 33.9 Å². The summed E-state index contributed by atoms with van der Waals surface area (Å²) in [4.78, 5) is 29.8. The summed E-state index contributed by atoms with van der Waals surface area (Å²) in [5.41, 5.74) is 8.29. The van der Waals surface area contributed by atoms with Crippen molar-refractivity contribution < 1.29 is 4.79 Å². The zero-order valence-corrected chi connectivity index (χ0v) is 17.1. The predicted octanol–water partition coefficient (Wildman–Crippen LogP) is 3.15. The first-order valence-electron chi connectivity index (χ1n) is 8.40. The molecule has 3 aromatic rings. The monoisotopic (exact) mass is 483 g/mol. The number of aromatic nitrogens is 5. The van der Waals surface area contributed by atoms with Crippen molar-refractivity contribution in [3.05, 3.63) is 21.2 Å². The van der Waals surface area contributed by atoms with E-state index in [1.54, 1.807) is 6.33 Å². The lowest BCUT2D eigenvalue weighted by atomic mass is 9.85. The molecule has 0 atom stereocenters. The molecule has 4 rings (SSSR count). The number of nitrogens with one attached hydrogen (secondary N) is 1. The summed E-state index contributed by atoms with van der Waals surface area (Å²) in [6.45, 7) is 1.92. The van der Waals surface area contributed by atoms with E-state index >= 15 is 0 Å². The lowest BCUT2D eigenvalue weighted by Crippen LogP contribution is -2.28. The predicted molar refractivity (Wildman–Crippen MR) is 109 cm³/mol. The van der Waals surface area contributed by atoms with Gasteiger partial charge in [-0.05, 0) is 32.6 Å². The van der Waals surface area contributed by atoms with Gasteiger partial charge in [-0.1, -0.05) is 0 Å². The molecule has 0 saturated heterocycles. The second-order valence-electron chi connectivity index (χ2n) is 6.49. The summed E-state index contributed by atoms with van der Waals surface area (Å²) in [5.74, 6) is 0.490. The van der Waals surface area contributed by atoms with Gasteiger partial charge in [0, 0.05) is 39.9 Å². The van der Waals surface area contributed by atoms with E-state index in [-0.39, 0.29) is 17.9 Å². The Morgan fingerprint density at radius 3 is 2.77 bits per heavy atom. The highest BCUT2D eigenvalue weighted by Crippen LogP contribution is 2.35. The van der Waals surface area contributed by atoms with Gasteiger partial charge in [0.1, 0.15) is 5.52 Å². The molecule has 0 unspecified atom stereocenters. The Hall–Kier alpha value is -1.82. The number of nitrogens with zero attached hydrogens (tertiary/aromatic N) is 5. The fraction of sp³-hybridized carbons (Fsp3) is 0.438. The maximum atomic E-state index is 12.5. The van der Waals surface area contributed by atoms with Crippen LogP contribution < -0.4 is 11.1 Å². The Morgan fingerprint density at radius 1 is 1.31 bits per heavy atom. The van der Waals surface area contributed by atoms with Gasteiger partial charge in [-0.25, -0.2) is 19.9 Å². The van der Waals surface area contributed by atoms with E-state index in [2.05, 4.69) is 52.4 Å². The molecular formula is C16H18IN7OS. The smallest absolute Gasteiger partial charge is 0.229 e. The van der Waals surface area contributed by atoms with Crippen LogP contribution in [-0.2, 0) is 4.79 Å². The van der Waals surface area contributed by atoms with E-state index in [0.717, 1.165) is 37.0 Å². The van der Waals surface area contributed by atoms with Crippen LogP contribution in [0.2, 0.25) is 0 Å². The molecule has 1 aliphatic carbocycles. The number of imidazole rings is 1. The van der Waals surface area contributed by atoms with Crippen LogP contribution in [0.15, 0.2) is 11.7 Å². The highest BCUT2D eigenvalue weighted by Gasteiger charge is 2.28. The molecule has 0 radical (unpaired) electrons. The second-order valence-corrected chi connectivity index (χ2v) is 8.31. The van der Waals surface area contributed by atoms with E-state index < -0.39 is 0 Å². The molecule has 3 heterocycles. The molecule has 10 heteroatoms. The summed E-state index contributed by atoms with van der Waals surface area (Å²) in [7, 11) is 0. The summed E-state index contributed by atoms with van der Waals surface area (Å²) in [6.07, 6.45) is 5.26. The number of nitrogen functional groups attached to an aromatic ring is 1. The van der Waals surface area contributed by atoms with E-state index in [1.165, 1.54) is 11.3 Å². The van der Waals surface area contributed by atoms with Gasteiger partial charge in [-0.3, -0.25) is 4.79 Å². The Labute approximate surface area is 167 Å². The molecule has 3 aromatic heterocycles. The van der Waals surface area contributed by atoms with Crippen LogP contribution in [0, 0.1) is 16.7 Å². The zero-order valence-electron chi connectivity index (χ0n) is 14.1. The number of halogens is 1. The van der Waals surface area contributed by atoms with E-state index in [0.29, 0.717) is 20.3 Å². The molecule has 136 valence electrons. The van der Waals surface area contributed by atoms with Gasteiger partial charge < -0.3 is 15.6 Å². The third-order valence-electron chi connectivity index (χ3n) is 4.73. The Morgan fingerprint density at radius 2 is 2.08 bits per heavy atom. The van der Waals surface area contributed by atoms with E-state index in [9.17, 15) is 4.79 Å². The number of thiazole rings is 1. The lowest BCUT2D eigenvalue weighted by molar-refractivity contribution is -0.120. The maximum absolute atomic E-state index is 12.5. The number of hydrogen-bond donors (Lipinski definition) is 2. The van der Waals surface area contributed by atoms with Crippen molar-refractivity contribution in [1.82, 2.24) is 24.5 Å². The first kappa shape index (κ1) is 17.6. The van der Waals surface area contributed by atoms with Gasteiger partial charge in [0.05, 0.1) is 12.0 Å². The van der Waals surface area contributed by atoms with Crippen molar-refractivity contribution in [3.63, 3.8) is 0 Å². The number of amides is 1. The van der Waals surface area contributed by atoms with E-state index in [4.69, 9.17) is 5.73 Å². The Balaban J connectivity index is 1.44. The number of fused-ring (bicyclic) bond motifs is 1. The van der Waals surface area contributed by atoms with Gasteiger partial charge in [-0.15, -0.1) is 11.3 Å². The highest BCUT2D eigenvalue weighted by atomic mass is 127. The van der Waals surface area contributed by atoms with Crippen molar-refractivity contribution >= 4 is 61.9 Å². The van der Waals surface area contributed by atoms with Crippen LogP contribution in [0.4, 0.5) is 10.9 Å². The summed E-state index contributed by atoms with van der Waals surface area (Å²) >= 11 is 3.52. The number of hydrogen-bond acceptors (Lipinski definition) is 7. The van der Waals surface area contributed by atoms with Crippen molar-refractivity contribution in [2.24, 2.45) is 5.92 Å². The fourth-order valence-corrected chi connectivity index (χ4v) is 4.59. The standard InChI is InChI=1S/C16H18IN7OS/c1-8-6-26-16(20-8)23-14(25)9-2-4-10(5-3-9)24-7-19-11-12(18)21-15(17)22-13(11)24/h6-7,9-10H,2-5H2,1H3,(H2,18,21,22)(H,20,23,25)/t9-,10+. The summed E-state index contributed by atoms with van der Waals surface area (Å²) in [6, 6.07) is 0.274. The molecule has 0 aromatic carbocycles. The van der Waals surface area contributed by atoms with Crippen molar-refractivity contribution in [1.29, 1.82) is 0 Å². The molecule has 1 saturated carbocycles. The topological polar surface area (TPSA) is 112 Å². The molecule has 1 fully saturated rings. The number of carbonyl (C=O) groups is 1. The van der Waals surface area contributed by atoms with Gasteiger partial charge >= 0.3 is 0 Å². The normalized spacial score (nSPS) is 20.4.